The van der Waals surface area contributed by atoms with Crippen LogP contribution in [-0.2, 0) is 0 Å². The van der Waals surface area contributed by atoms with E-state index in [1.165, 1.54) is 0 Å². The highest BCUT2D eigenvalue weighted by Gasteiger charge is 2.23. The topological polar surface area (TPSA) is 93.0 Å². The van der Waals surface area contributed by atoms with Gasteiger partial charge in [-0.05, 0) is 19.4 Å². The summed E-state index contributed by atoms with van der Waals surface area (Å²) in [6, 6.07) is 9.57. The number of hydrogen-bond donors (Lipinski definition) is 2. The molecule has 0 aliphatic rings. The van der Waals surface area contributed by atoms with Crippen molar-refractivity contribution >= 4 is 17.5 Å². The molecule has 0 saturated carbocycles. The Hall–Kier alpha value is -2.70. The van der Waals surface area contributed by atoms with E-state index in [0.717, 1.165) is 5.56 Å². The van der Waals surface area contributed by atoms with Gasteiger partial charge in [0.2, 0.25) is 11.8 Å². The highest BCUT2D eigenvalue weighted by atomic mass is 16.6. The molecule has 0 bridgehead atoms. The molecule has 2 N–H and O–H groups in total. The Morgan fingerprint density at radius 2 is 1.90 bits per heavy atom. The second-order valence-corrected chi connectivity index (χ2v) is 4.61. The first kappa shape index (κ1) is 14.7. The standard InChI is InChI=1S/C14H17N5O2/c1-9(11-7-5-4-6-8-11)16-13-12(19(20)21)10(2)17-14(15-3)18-13/h4-9H,1-3H3,(H2,15,16,17,18). The molecule has 0 radical (unpaired) electrons. The second kappa shape index (κ2) is 6.17. The van der Waals surface area contributed by atoms with E-state index in [2.05, 4.69) is 20.6 Å². The molecule has 1 heterocycles. The number of nitro groups is 1. The van der Waals surface area contributed by atoms with E-state index in [1.54, 1.807) is 14.0 Å². The Morgan fingerprint density at radius 1 is 1.24 bits per heavy atom. The lowest BCUT2D eigenvalue weighted by atomic mass is 10.1. The van der Waals surface area contributed by atoms with Crippen molar-refractivity contribution < 1.29 is 4.92 Å². The van der Waals surface area contributed by atoms with E-state index >= 15 is 0 Å². The van der Waals surface area contributed by atoms with Crippen LogP contribution in [0.15, 0.2) is 30.3 Å². The third-order valence-corrected chi connectivity index (χ3v) is 3.12. The summed E-state index contributed by atoms with van der Waals surface area (Å²) in [5, 5.41) is 17.1. The van der Waals surface area contributed by atoms with Gasteiger partial charge in [0.25, 0.3) is 0 Å². The Bertz CT molecular complexity index is 645. The van der Waals surface area contributed by atoms with Crippen LogP contribution in [0.1, 0.15) is 24.2 Å². The zero-order chi connectivity index (χ0) is 15.4. The first-order valence-electron chi connectivity index (χ1n) is 6.55. The van der Waals surface area contributed by atoms with Gasteiger partial charge >= 0.3 is 5.69 Å². The Balaban J connectivity index is 2.38. The smallest absolute Gasteiger partial charge is 0.332 e. The fourth-order valence-electron chi connectivity index (χ4n) is 2.03. The lowest BCUT2D eigenvalue weighted by molar-refractivity contribution is -0.385. The maximum absolute atomic E-state index is 11.2. The van der Waals surface area contributed by atoms with Crippen molar-refractivity contribution in [3.8, 4) is 0 Å². The fraction of sp³-hybridized carbons (Fsp3) is 0.286. The van der Waals surface area contributed by atoms with Gasteiger partial charge in [-0.15, -0.1) is 0 Å². The quantitative estimate of drug-likeness (QED) is 0.648. The summed E-state index contributed by atoms with van der Waals surface area (Å²) in [4.78, 5) is 19.0. The number of aromatic nitrogens is 2. The highest BCUT2D eigenvalue weighted by molar-refractivity contribution is 5.61. The van der Waals surface area contributed by atoms with Crippen molar-refractivity contribution in [1.82, 2.24) is 9.97 Å². The van der Waals surface area contributed by atoms with Crippen LogP contribution < -0.4 is 10.6 Å². The first-order valence-corrected chi connectivity index (χ1v) is 6.55. The Morgan fingerprint density at radius 3 is 2.48 bits per heavy atom. The molecule has 0 aliphatic heterocycles. The zero-order valence-corrected chi connectivity index (χ0v) is 12.1. The summed E-state index contributed by atoms with van der Waals surface area (Å²) in [7, 11) is 1.67. The fourth-order valence-corrected chi connectivity index (χ4v) is 2.03. The van der Waals surface area contributed by atoms with Crippen LogP contribution in [0.4, 0.5) is 17.5 Å². The molecule has 110 valence electrons. The molecule has 0 fully saturated rings. The van der Waals surface area contributed by atoms with E-state index in [0.29, 0.717) is 11.6 Å². The summed E-state index contributed by atoms with van der Waals surface area (Å²) in [6.07, 6.45) is 0. The highest BCUT2D eigenvalue weighted by Crippen LogP contribution is 2.29. The molecular formula is C14H17N5O2. The van der Waals surface area contributed by atoms with Crippen LogP contribution in [0.5, 0.6) is 0 Å². The molecule has 1 aromatic carbocycles. The number of benzene rings is 1. The number of nitrogens with one attached hydrogen (secondary N) is 2. The molecular weight excluding hydrogens is 270 g/mol. The molecule has 0 saturated heterocycles. The van der Waals surface area contributed by atoms with Gasteiger partial charge in [-0.25, -0.2) is 4.98 Å². The third-order valence-electron chi connectivity index (χ3n) is 3.12. The van der Waals surface area contributed by atoms with Crippen LogP contribution in [0.25, 0.3) is 0 Å². The molecule has 1 aromatic heterocycles. The normalized spacial score (nSPS) is 11.8. The molecule has 7 heteroatoms. The average Bonchev–Trinajstić information content (AvgIpc) is 2.47. The van der Waals surface area contributed by atoms with Gasteiger partial charge in [-0.1, -0.05) is 30.3 Å². The Kier molecular flexibility index (Phi) is 4.32. The van der Waals surface area contributed by atoms with Gasteiger partial charge in [-0.3, -0.25) is 10.1 Å². The zero-order valence-electron chi connectivity index (χ0n) is 12.1. The minimum absolute atomic E-state index is 0.100. The maximum atomic E-state index is 11.2. The molecule has 2 rings (SSSR count). The SMILES string of the molecule is CNc1nc(C)c([N+](=O)[O-])c(NC(C)c2ccccc2)n1. The summed E-state index contributed by atoms with van der Waals surface area (Å²) in [6.45, 7) is 3.52. The van der Waals surface area contributed by atoms with E-state index in [-0.39, 0.29) is 17.5 Å². The van der Waals surface area contributed by atoms with Crippen molar-refractivity contribution in [2.45, 2.75) is 19.9 Å². The van der Waals surface area contributed by atoms with Gasteiger partial charge < -0.3 is 10.6 Å². The second-order valence-electron chi connectivity index (χ2n) is 4.61. The number of nitrogens with zero attached hydrogens (tertiary/aromatic N) is 3. The third kappa shape index (κ3) is 3.25. The van der Waals surface area contributed by atoms with Gasteiger partial charge in [0.05, 0.1) is 11.0 Å². The first-order chi connectivity index (χ1) is 10.0. The summed E-state index contributed by atoms with van der Waals surface area (Å²) < 4.78 is 0. The van der Waals surface area contributed by atoms with Crippen molar-refractivity contribution in [3.05, 3.63) is 51.7 Å². The van der Waals surface area contributed by atoms with Crippen molar-refractivity contribution in [2.24, 2.45) is 0 Å². The summed E-state index contributed by atoms with van der Waals surface area (Å²) in [5.41, 5.74) is 1.24. The van der Waals surface area contributed by atoms with Crippen LogP contribution in [-0.4, -0.2) is 21.9 Å². The van der Waals surface area contributed by atoms with Crippen LogP contribution >= 0.6 is 0 Å². The number of aryl methyl sites for hydroxylation is 1. The van der Waals surface area contributed by atoms with Gasteiger partial charge in [0.1, 0.15) is 5.69 Å². The van der Waals surface area contributed by atoms with Gasteiger partial charge in [0.15, 0.2) is 0 Å². The summed E-state index contributed by atoms with van der Waals surface area (Å²) in [5.74, 6) is 0.564. The molecule has 2 aromatic rings. The van der Waals surface area contributed by atoms with E-state index in [9.17, 15) is 10.1 Å². The molecule has 0 spiro atoms. The van der Waals surface area contributed by atoms with Crippen molar-refractivity contribution in [3.63, 3.8) is 0 Å². The van der Waals surface area contributed by atoms with E-state index < -0.39 is 4.92 Å². The molecule has 7 nitrogen and oxygen atoms in total. The number of hydrogen-bond acceptors (Lipinski definition) is 6. The number of anilines is 2. The molecule has 1 unspecified atom stereocenters. The molecule has 0 aliphatic carbocycles. The maximum Gasteiger partial charge on any atom is 0.332 e. The average molecular weight is 287 g/mol. The largest absolute Gasteiger partial charge is 0.358 e. The lowest BCUT2D eigenvalue weighted by Crippen LogP contribution is -2.12. The number of rotatable bonds is 5. The lowest BCUT2D eigenvalue weighted by Gasteiger charge is -2.16. The van der Waals surface area contributed by atoms with Crippen LogP contribution in [0.3, 0.4) is 0 Å². The predicted molar refractivity (Wildman–Crippen MR) is 81.4 cm³/mol. The van der Waals surface area contributed by atoms with E-state index in [1.807, 2.05) is 37.3 Å². The van der Waals surface area contributed by atoms with Crippen molar-refractivity contribution in [1.29, 1.82) is 0 Å². The summed E-state index contributed by atoms with van der Waals surface area (Å²) >= 11 is 0. The van der Waals surface area contributed by atoms with E-state index in [4.69, 9.17) is 0 Å². The predicted octanol–water partition coefficient (Wildman–Crippen LogP) is 2.91. The Labute approximate surface area is 122 Å². The monoisotopic (exact) mass is 287 g/mol. The molecule has 21 heavy (non-hydrogen) atoms. The van der Waals surface area contributed by atoms with Gasteiger partial charge in [0, 0.05) is 7.05 Å². The van der Waals surface area contributed by atoms with Gasteiger partial charge in [-0.2, -0.15) is 4.98 Å². The van der Waals surface area contributed by atoms with Crippen LogP contribution in [0, 0.1) is 17.0 Å². The van der Waals surface area contributed by atoms with Crippen LogP contribution in [0.2, 0.25) is 0 Å². The molecule has 1 atom stereocenters. The van der Waals surface area contributed by atoms with Crippen molar-refractivity contribution in [2.75, 3.05) is 17.7 Å². The minimum atomic E-state index is -0.463. The minimum Gasteiger partial charge on any atom is -0.358 e. The molecule has 0 amide bonds.